The van der Waals surface area contributed by atoms with Gasteiger partial charge in [-0.2, -0.15) is 0 Å². The van der Waals surface area contributed by atoms with Crippen LogP contribution in [0.3, 0.4) is 0 Å². The first kappa shape index (κ1) is 19.1. The molecule has 1 aliphatic heterocycles. The summed E-state index contributed by atoms with van der Waals surface area (Å²) in [6, 6.07) is 17.2. The van der Waals surface area contributed by atoms with Gasteiger partial charge in [-0.15, -0.1) is 0 Å². The van der Waals surface area contributed by atoms with Gasteiger partial charge in [0, 0.05) is 41.6 Å². The minimum absolute atomic E-state index is 0.798. The molecule has 0 aliphatic carbocycles. The van der Waals surface area contributed by atoms with Crippen LogP contribution in [-0.2, 0) is 19.4 Å². The summed E-state index contributed by atoms with van der Waals surface area (Å²) >= 11 is 0. The number of allylic oxidation sites excluding steroid dienone is 1. The standard InChI is InChI=1S/C25H28N4/c1-4-19-6-5-7-20(12-19)16-26-24-14-25(27-15-17(24)2)29-22-10-11-23-21(13-22)9-8-18(3)28-23/h5-7,10-15,28H,3-4,8-9,16H2,1-2H3,(H2,26,27,29). The average molecular weight is 385 g/mol. The van der Waals surface area contributed by atoms with Gasteiger partial charge in [0.15, 0.2) is 0 Å². The zero-order valence-electron chi connectivity index (χ0n) is 17.2. The maximum absolute atomic E-state index is 4.56. The molecule has 2 aromatic carbocycles. The summed E-state index contributed by atoms with van der Waals surface area (Å²) in [7, 11) is 0. The molecule has 4 rings (SSSR count). The fraction of sp³-hybridized carbons (Fsp3) is 0.240. The minimum atomic E-state index is 0.798. The Morgan fingerprint density at radius 2 is 1.93 bits per heavy atom. The van der Waals surface area contributed by atoms with E-state index in [0.717, 1.165) is 59.9 Å². The molecule has 29 heavy (non-hydrogen) atoms. The summed E-state index contributed by atoms with van der Waals surface area (Å²) in [5.74, 6) is 0.841. The van der Waals surface area contributed by atoms with E-state index in [4.69, 9.17) is 0 Å². The number of nitrogens with one attached hydrogen (secondary N) is 3. The highest BCUT2D eigenvalue weighted by atomic mass is 15.0. The highest BCUT2D eigenvalue weighted by Crippen LogP contribution is 2.30. The molecule has 0 saturated heterocycles. The number of anilines is 4. The molecular formula is C25H28N4. The van der Waals surface area contributed by atoms with E-state index >= 15 is 0 Å². The van der Waals surface area contributed by atoms with Crippen molar-refractivity contribution in [1.82, 2.24) is 4.98 Å². The van der Waals surface area contributed by atoms with Crippen LogP contribution < -0.4 is 16.0 Å². The van der Waals surface area contributed by atoms with Gasteiger partial charge in [-0.3, -0.25) is 0 Å². The third-order valence-corrected chi connectivity index (χ3v) is 5.37. The first-order valence-electron chi connectivity index (χ1n) is 10.2. The fourth-order valence-electron chi connectivity index (χ4n) is 3.63. The molecular weight excluding hydrogens is 356 g/mol. The van der Waals surface area contributed by atoms with Crippen molar-refractivity contribution in [3.8, 4) is 0 Å². The van der Waals surface area contributed by atoms with Crippen molar-refractivity contribution < 1.29 is 0 Å². The van der Waals surface area contributed by atoms with Crippen LogP contribution in [0.25, 0.3) is 0 Å². The van der Waals surface area contributed by atoms with E-state index in [1.165, 1.54) is 16.7 Å². The van der Waals surface area contributed by atoms with Crippen molar-refractivity contribution in [3.63, 3.8) is 0 Å². The topological polar surface area (TPSA) is 49.0 Å². The maximum Gasteiger partial charge on any atom is 0.132 e. The van der Waals surface area contributed by atoms with Crippen LogP contribution in [-0.4, -0.2) is 4.98 Å². The average Bonchev–Trinajstić information content (AvgIpc) is 2.74. The number of benzene rings is 2. The van der Waals surface area contributed by atoms with Crippen molar-refractivity contribution in [3.05, 3.63) is 89.3 Å². The molecule has 0 fully saturated rings. The Labute approximate surface area is 173 Å². The second-order valence-corrected chi connectivity index (χ2v) is 7.64. The van der Waals surface area contributed by atoms with E-state index in [9.17, 15) is 0 Å². The maximum atomic E-state index is 4.56. The molecule has 0 radical (unpaired) electrons. The van der Waals surface area contributed by atoms with Gasteiger partial charge in [-0.05, 0) is 66.6 Å². The van der Waals surface area contributed by atoms with Crippen LogP contribution in [0, 0.1) is 6.92 Å². The first-order chi connectivity index (χ1) is 14.1. The molecule has 2 heterocycles. The number of pyridine rings is 1. The second-order valence-electron chi connectivity index (χ2n) is 7.64. The Morgan fingerprint density at radius 1 is 1.07 bits per heavy atom. The van der Waals surface area contributed by atoms with Crippen LogP contribution in [0.4, 0.5) is 22.9 Å². The Balaban J connectivity index is 1.47. The van der Waals surface area contributed by atoms with Gasteiger partial charge in [0.05, 0.1) is 0 Å². The van der Waals surface area contributed by atoms with Crippen molar-refractivity contribution in [2.45, 2.75) is 39.7 Å². The quantitative estimate of drug-likeness (QED) is 0.475. The zero-order chi connectivity index (χ0) is 20.2. The lowest BCUT2D eigenvalue weighted by molar-refractivity contribution is 0.919. The number of hydrogen-bond donors (Lipinski definition) is 3. The molecule has 4 heteroatoms. The molecule has 4 nitrogen and oxygen atoms in total. The van der Waals surface area contributed by atoms with E-state index in [1.54, 1.807) is 0 Å². The van der Waals surface area contributed by atoms with Gasteiger partial charge in [-0.1, -0.05) is 37.8 Å². The van der Waals surface area contributed by atoms with Gasteiger partial charge < -0.3 is 16.0 Å². The van der Waals surface area contributed by atoms with E-state index in [2.05, 4.69) is 89.9 Å². The summed E-state index contributed by atoms with van der Waals surface area (Å²) in [5.41, 5.74) is 9.48. The predicted octanol–water partition coefficient (Wildman–Crippen LogP) is 6.18. The van der Waals surface area contributed by atoms with Crippen molar-refractivity contribution >= 4 is 22.9 Å². The van der Waals surface area contributed by atoms with Gasteiger partial charge in [0.2, 0.25) is 0 Å². The SMILES string of the molecule is C=C1CCc2cc(Nc3cc(NCc4cccc(CC)c4)c(C)cn3)ccc2N1. The summed E-state index contributed by atoms with van der Waals surface area (Å²) in [6.45, 7) is 9.09. The predicted molar refractivity (Wildman–Crippen MR) is 123 cm³/mol. The molecule has 1 aromatic heterocycles. The van der Waals surface area contributed by atoms with Gasteiger partial charge in [0.25, 0.3) is 0 Å². The van der Waals surface area contributed by atoms with Crippen LogP contribution in [0.5, 0.6) is 0 Å². The van der Waals surface area contributed by atoms with Gasteiger partial charge in [-0.25, -0.2) is 4.98 Å². The largest absolute Gasteiger partial charge is 0.381 e. The van der Waals surface area contributed by atoms with Crippen LogP contribution >= 0.6 is 0 Å². The summed E-state index contributed by atoms with van der Waals surface area (Å²) in [4.78, 5) is 4.56. The van der Waals surface area contributed by atoms with Crippen molar-refractivity contribution in [2.75, 3.05) is 16.0 Å². The first-order valence-corrected chi connectivity index (χ1v) is 10.2. The molecule has 0 unspecified atom stereocenters. The van der Waals surface area contributed by atoms with Gasteiger partial charge >= 0.3 is 0 Å². The lowest BCUT2D eigenvalue weighted by atomic mass is 10.0. The number of aromatic nitrogens is 1. The van der Waals surface area contributed by atoms with Crippen LogP contribution in [0.2, 0.25) is 0 Å². The lowest BCUT2D eigenvalue weighted by Gasteiger charge is -2.21. The zero-order valence-corrected chi connectivity index (χ0v) is 17.2. The number of aryl methyl sites for hydroxylation is 3. The molecule has 0 bridgehead atoms. The number of hydrogen-bond acceptors (Lipinski definition) is 4. The molecule has 0 spiro atoms. The summed E-state index contributed by atoms with van der Waals surface area (Å²) in [6.07, 6.45) is 4.96. The Hall–Kier alpha value is -3.27. The van der Waals surface area contributed by atoms with Crippen LogP contribution in [0.1, 0.15) is 35.6 Å². The third kappa shape index (κ3) is 4.60. The molecule has 0 amide bonds. The van der Waals surface area contributed by atoms with Crippen LogP contribution in [0.15, 0.2) is 67.0 Å². The molecule has 3 N–H and O–H groups in total. The van der Waals surface area contributed by atoms with E-state index < -0.39 is 0 Å². The summed E-state index contributed by atoms with van der Waals surface area (Å²) in [5, 5.41) is 10.4. The molecule has 0 saturated carbocycles. The van der Waals surface area contributed by atoms with Crippen molar-refractivity contribution in [1.29, 1.82) is 0 Å². The van der Waals surface area contributed by atoms with E-state index in [0.29, 0.717) is 0 Å². The fourth-order valence-corrected chi connectivity index (χ4v) is 3.63. The Kier molecular flexibility index (Phi) is 5.52. The second kappa shape index (κ2) is 8.39. The highest BCUT2D eigenvalue weighted by Gasteiger charge is 2.12. The van der Waals surface area contributed by atoms with Crippen molar-refractivity contribution in [2.24, 2.45) is 0 Å². The number of nitrogens with zero attached hydrogens (tertiary/aromatic N) is 1. The number of rotatable bonds is 6. The smallest absolute Gasteiger partial charge is 0.132 e. The normalized spacial score (nSPS) is 12.8. The molecule has 148 valence electrons. The van der Waals surface area contributed by atoms with Gasteiger partial charge in [0.1, 0.15) is 5.82 Å². The number of fused-ring (bicyclic) bond motifs is 1. The monoisotopic (exact) mass is 384 g/mol. The highest BCUT2D eigenvalue weighted by molar-refractivity contribution is 5.68. The summed E-state index contributed by atoms with van der Waals surface area (Å²) < 4.78 is 0. The molecule has 1 aliphatic rings. The van der Waals surface area contributed by atoms with E-state index in [-0.39, 0.29) is 0 Å². The minimum Gasteiger partial charge on any atom is -0.381 e. The molecule has 0 atom stereocenters. The van der Waals surface area contributed by atoms with E-state index in [1.807, 2.05) is 6.20 Å². The Morgan fingerprint density at radius 3 is 2.79 bits per heavy atom. The third-order valence-electron chi connectivity index (χ3n) is 5.37. The molecule has 3 aromatic rings. The lowest BCUT2D eigenvalue weighted by Crippen LogP contribution is -2.09. The Bertz CT molecular complexity index is 1040.